The molecule has 0 spiro atoms. The Labute approximate surface area is 148 Å². The van der Waals surface area contributed by atoms with Gasteiger partial charge in [0.1, 0.15) is 11.9 Å². The number of aromatic nitrogens is 2. The fourth-order valence-electron chi connectivity index (χ4n) is 3.72. The highest BCUT2D eigenvalue weighted by atomic mass is 16.5. The molecule has 0 N–H and O–H groups in total. The summed E-state index contributed by atoms with van der Waals surface area (Å²) in [6.07, 6.45) is 6.25. The van der Waals surface area contributed by atoms with Gasteiger partial charge in [-0.2, -0.15) is 0 Å². The van der Waals surface area contributed by atoms with Gasteiger partial charge in [-0.1, -0.05) is 6.07 Å². The molecule has 1 aliphatic carbocycles. The predicted octanol–water partition coefficient (Wildman–Crippen LogP) is 2.88. The number of rotatable bonds is 2. The van der Waals surface area contributed by atoms with Gasteiger partial charge in [0.15, 0.2) is 0 Å². The Kier molecular flexibility index (Phi) is 4.49. The summed E-state index contributed by atoms with van der Waals surface area (Å²) in [5.41, 5.74) is 4.38. The van der Waals surface area contributed by atoms with Crippen molar-refractivity contribution >= 4 is 5.91 Å². The Morgan fingerprint density at radius 3 is 2.88 bits per heavy atom. The van der Waals surface area contributed by atoms with Crippen LogP contribution in [0.1, 0.15) is 51.9 Å². The van der Waals surface area contributed by atoms with E-state index in [1.54, 1.807) is 6.20 Å². The third-order valence-electron chi connectivity index (χ3n) is 5.08. The van der Waals surface area contributed by atoms with Crippen LogP contribution in [0.3, 0.4) is 0 Å². The quantitative estimate of drug-likeness (QED) is 0.845. The highest BCUT2D eigenvalue weighted by Crippen LogP contribution is 2.25. The number of hydrogen-bond donors (Lipinski definition) is 0. The van der Waals surface area contributed by atoms with Gasteiger partial charge in [0.05, 0.1) is 18.8 Å². The molecule has 1 aromatic carbocycles. The third-order valence-corrected chi connectivity index (χ3v) is 5.08. The first-order chi connectivity index (χ1) is 12.2. The lowest BCUT2D eigenvalue weighted by Crippen LogP contribution is -2.42. The Bertz CT molecular complexity index is 790. The molecule has 5 nitrogen and oxygen atoms in total. The molecule has 1 saturated heterocycles. The summed E-state index contributed by atoms with van der Waals surface area (Å²) < 4.78 is 5.84. The van der Waals surface area contributed by atoms with E-state index in [1.807, 2.05) is 24.0 Å². The van der Waals surface area contributed by atoms with Crippen molar-refractivity contribution in [1.29, 1.82) is 0 Å². The van der Waals surface area contributed by atoms with E-state index in [9.17, 15) is 4.79 Å². The van der Waals surface area contributed by atoms with Crippen LogP contribution in [0.5, 0.6) is 0 Å². The van der Waals surface area contributed by atoms with Gasteiger partial charge in [-0.15, -0.1) is 0 Å². The Balaban J connectivity index is 1.52. The average molecular weight is 337 g/mol. The van der Waals surface area contributed by atoms with Crippen molar-refractivity contribution < 1.29 is 9.53 Å². The molecule has 2 aliphatic rings. The second kappa shape index (κ2) is 6.92. The highest BCUT2D eigenvalue weighted by molar-refractivity contribution is 5.94. The van der Waals surface area contributed by atoms with Gasteiger partial charge in [0.2, 0.25) is 0 Å². The average Bonchev–Trinajstić information content (AvgIpc) is 2.67. The molecule has 0 saturated carbocycles. The molecule has 25 heavy (non-hydrogen) atoms. The number of carbonyl (C=O) groups excluding carboxylic acids is 1. The molecule has 0 bridgehead atoms. The molecule has 2 aromatic rings. The maximum absolute atomic E-state index is 13.0. The molecular formula is C20H23N3O2. The van der Waals surface area contributed by atoms with Crippen molar-refractivity contribution in [1.82, 2.24) is 14.9 Å². The number of nitrogens with zero attached hydrogens (tertiary/aromatic N) is 3. The van der Waals surface area contributed by atoms with E-state index < -0.39 is 0 Å². The molecule has 0 radical (unpaired) electrons. The predicted molar refractivity (Wildman–Crippen MR) is 94.4 cm³/mol. The van der Waals surface area contributed by atoms with Crippen molar-refractivity contribution in [2.45, 2.75) is 38.7 Å². The number of benzene rings is 1. The largest absolute Gasteiger partial charge is 0.368 e. The molecule has 4 rings (SSSR count). The fraction of sp³-hybridized carbons (Fsp3) is 0.450. The summed E-state index contributed by atoms with van der Waals surface area (Å²) in [7, 11) is 0. The first-order valence-corrected chi connectivity index (χ1v) is 9.03. The zero-order valence-corrected chi connectivity index (χ0v) is 14.6. The summed E-state index contributed by atoms with van der Waals surface area (Å²) in [5, 5.41) is 0. The van der Waals surface area contributed by atoms with Crippen LogP contribution < -0.4 is 0 Å². The minimum Gasteiger partial charge on any atom is -0.368 e. The SMILES string of the molecule is Cc1nccc(C2CN(C(=O)c3ccc4c(c3)CCCC4)CCO2)n1. The molecule has 1 amide bonds. The van der Waals surface area contributed by atoms with E-state index >= 15 is 0 Å². The van der Waals surface area contributed by atoms with Gasteiger partial charge in [-0.3, -0.25) is 4.79 Å². The Hall–Kier alpha value is -2.27. The lowest BCUT2D eigenvalue weighted by atomic mass is 9.90. The third kappa shape index (κ3) is 3.42. The van der Waals surface area contributed by atoms with Crippen LogP contribution in [0, 0.1) is 6.92 Å². The van der Waals surface area contributed by atoms with E-state index in [0.29, 0.717) is 19.7 Å². The molecular weight excluding hydrogens is 314 g/mol. The Morgan fingerprint density at radius 1 is 1.20 bits per heavy atom. The summed E-state index contributed by atoms with van der Waals surface area (Å²) >= 11 is 0. The molecule has 5 heteroatoms. The standard InChI is InChI=1S/C20H23N3O2/c1-14-21-9-8-18(22-14)19-13-23(10-11-25-19)20(24)17-7-6-15-4-2-3-5-16(15)12-17/h6-9,12,19H,2-5,10-11,13H2,1H3. The molecule has 1 atom stereocenters. The number of fused-ring (bicyclic) bond motifs is 1. The first kappa shape index (κ1) is 16.2. The van der Waals surface area contributed by atoms with Crippen LogP contribution in [0.4, 0.5) is 0 Å². The summed E-state index contributed by atoms with van der Waals surface area (Å²) in [6.45, 7) is 3.55. The van der Waals surface area contributed by atoms with E-state index in [-0.39, 0.29) is 12.0 Å². The Morgan fingerprint density at radius 2 is 2.04 bits per heavy atom. The number of ether oxygens (including phenoxy) is 1. The summed E-state index contributed by atoms with van der Waals surface area (Å²) in [6, 6.07) is 8.07. The monoisotopic (exact) mass is 337 g/mol. The van der Waals surface area contributed by atoms with Crippen LogP contribution in [0.15, 0.2) is 30.5 Å². The van der Waals surface area contributed by atoms with Crippen LogP contribution in [0.25, 0.3) is 0 Å². The second-order valence-electron chi connectivity index (χ2n) is 6.83. The molecule has 1 aromatic heterocycles. The van der Waals surface area contributed by atoms with Gasteiger partial charge >= 0.3 is 0 Å². The van der Waals surface area contributed by atoms with Crippen molar-refractivity contribution in [3.8, 4) is 0 Å². The summed E-state index contributed by atoms with van der Waals surface area (Å²) in [4.78, 5) is 23.4. The van der Waals surface area contributed by atoms with Crippen LogP contribution in [-0.2, 0) is 17.6 Å². The van der Waals surface area contributed by atoms with Gasteiger partial charge in [0.25, 0.3) is 5.91 Å². The fourth-order valence-corrected chi connectivity index (χ4v) is 3.72. The first-order valence-electron chi connectivity index (χ1n) is 9.03. The number of morpholine rings is 1. The maximum Gasteiger partial charge on any atom is 0.254 e. The van der Waals surface area contributed by atoms with E-state index in [1.165, 1.54) is 24.0 Å². The molecule has 1 aliphatic heterocycles. The van der Waals surface area contributed by atoms with Gasteiger partial charge in [0, 0.05) is 18.3 Å². The number of carbonyl (C=O) groups is 1. The van der Waals surface area contributed by atoms with Gasteiger partial charge < -0.3 is 9.64 Å². The zero-order chi connectivity index (χ0) is 17.2. The van der Waals surface area contributed by atoms with Crippen molar-refractivity contribution in [2.75, 3.05) is 19.7 Å². The van der Waals surface area contributed by atoms with Gasteiger partial charge in [-0.05, 0) is 61.9 Å². The zero-order valence-electron chi connectivity index (χ0n) is 14.6. The number of aryl methyl sites for hydroxylation is 3. The summed E-state index contributed by atoms with van der Waals surface area (Å²) in [5.74, 6) is 0.812. The van der Waals surface area contributed by atoms with Crippen molar-refractivity contribution in [3.63, 3.8) is 0 Å². The van der Waals surface area contributed by atoms with E-state index in [2.05, 4.69) is 22.1 Å². The van der Waals surface area contributed by atoms with E-state index in [0.717, 1.165) is 29.9 Å². The van der Waals surface area contributed by atoms with Crippen molar-refractivity contribution in [3.05, 3.63) is 58.7 Å². The smallest absolute Gasteiger partial charge is 0.254 e. The molecule has 1 fully saturated rings. The molecule has 2 heterocycles. The number of hydrogen-bond acceptors (Lipinski definition) is 4. The highest BCUT2D eigenvalue weighted by Gasteiger charge is 2.27. The second-order valence-corrected chi connectivity index (χ2v) is 6.83. The number of amides is 1. The molecule has 1 unspecified atom stereocenters. The minimum atomic E-state index is -0.183. The lowest BCUT2D eigenvalue weighted by molar-refractivity contribution is -0.0248. The van der Waals surface area contributed by atoms with Crippen LogP contribution in [-0.4, -0.2) is 40.5 Å². The topological polar surface area (TPSA) is 55.3 Å². The van der Waals surface area contributed by atoms with E-state index in [4.69, 9.17) is 4.74 Å². The lowest BCUT2D eigenvalue weighted by Gasteiger charge is -2.33. The van der Waals surface area contributed by atoms with Crippen molar-refractivity contribution in [2.24, 2.45) is 0 Å². The minimum absolute atomic E-state index is 0.0902. The normalized spacial score (nSPS) is 20.2. The van der Waals surface area contributed by atoms with Gasteiger partial charge in [-0.25, -0.2) is 9.97 Å². The maximum atomic E-state index is 13.0. The van der Waals surface area contributed by atoms with Crippen LogP contribution >= 0.6 is 0 Å². The van der Waals surface area contributed by atoms with Crippen LogP contribution in [0.2, 0.25) is 0 Å². The molecule has 130 valence electrons.